The maximum atomic E-state index is 13.9. The van der Waals surface area contributed by atoms with E-state index in [2.05, 4.69) is 20.9 Å². The molecule has 0 aliphatic rings. The first-order valence-electron chi connectivity index (χ1n) is 7.57. The maximum absolute atomic E-state index is 13.9. The van der Waals surface area contributed by atoms with Crippen LogP contribution in [0.25, 0.3) is 0 Å². The van der Waals surface area contributed by atoms with Gasteiger partial charge in [-0.15, -0.1) is 0 Å². The van der Waals surface area contributed by atoms with E-state index in [1.54, 1.807) is 6.07 Å². The van der Waals surface area contributed by atoms with Crippen molar-refractivity contribution in [2.24, 2.45) is 0 Å². The van der Waals surface area contributed by atoms with Gasteiger partial charge in [0, 0.05) is 23.8 Å². The lowest BCUT2D eigenvalue weighted by atomic mass is 10.1. The zero-order valence-electron chi connectivity index (χ0n) is 13.5. The summed E-state index contributed by atoms with van der Waals surface area (Å²) in [5.74, 6) is -2.28. The summed E-state index contributed by atoms with van der Waals surface area (Å²) in [5, 5.41) is 8.74. The Labute approximate surface area is 160 Å². The van der Waals surface area contributed by atoms with Gasteiger partial charge in [0.2, 0.25) is 11.8 Å². The standard InChI is InChI=1S/C19H10BrF3N2O2/c20-13-7-16(23)17(8-15(13)22)27-19-3-1-2-18(25-19)26-10-12-5-4-11(9-24)6-14(12)21/h1-8H,10H2. The third kappa shape index (κ3) is 4.57. The number of hydrogen-bond donors (Lipinski definition) is 0. The van der Waals surface area contributed by atoms with Crippen LogP contribution in [0.1, 0.15) is 11.1 Å². The summed E-state index contributed by atoms with van der Waals surface area (Å²) in [6, 6.07) is 12.2. The predicted molar refractivity (Wildman–Crippen MR) is 93.8 cm³/mol. The van der Waals surface area contributed by atoms with Gasteiger partial charge in [-0.25, -0.2) is 13.2 Å². The Bertz CT molecular complexity index is 1040. The summed E-state index contributed by atoms with van der Waals surface area (Å²) in [4.78, 5) is 4.02. The lowest BCUT2D eigenvalue weighted by molar-refractivity contribution is 0.283. The van der Waals surface area contributed by atoms with E-state index < -0.39 is 17.5 Å². The highest BCUT2D eigenvalue weighted by atomic mass is 79.9. The Hall–Kier alpha value is -3.05. The first kappa shape index (κ1) is 18.7. The van der Waals surface area contributed by atoms with E-state index >= 15 is 0 Å². The van der Waals surface area contributed by atoms with Crippen molar-refractivity contribution in [3.8, 4) is 23.6 Å². The molecule has 0 aliphatic heterocycles. The second-order valence-corrected chi connectivity index (χ2v) is 6.17. The van der Waals surface area contributed by atoms with Crippen molar-refractivity contribution in [1.29, 1.82) is 5.26 Å². The van der Waals surface area contributed by atoms with E-state index in [0.717, 1.165) is 18.2 Å². The van der Waals surface area contributed by atoms with Crippen LogP contribution in [0.15, 0.2) is 53.0 Å². The second kappa shape index (κ2) is 8.10. The molecule has 0 bridgehead atoms. The summed E-state index contributed by atoms with van der Waals surface area (Å²) in [6.45, 7) is -0.130. The fraction of sp³-hybridized carbons (Fsp3) is 0.0526. The number of hydrogen-bond acceptors (Lipinski definition) is 4. The minimum Gasteiger partial charge on any atom is -0.473 e. The van der Waals surface area contributed by atoms with Crippen LogP contribution in [0.5, 0.6) is 17.5 Å². The Morgan fingerprint density at radius 3 is 2.48 bits per heavy atom. The molecule has 0 atom stereocenters. The summed E-state index contributed by atoms with van der Waals surface area (Å²) in [6.07, 6.45) is 0. The molecule has 0 N–H and O–H groups in total. The van der Waals surface area contributed by atoms with Crippen molar-refractivity contribution in [3.63, 3.8) is 0 Å². The molecule has 3 aromatic rings. The average Bonchev–Trinajstić information content (AvgIpc) is 2.65. The van der Waals surface area contributed by atoms with Gasteiger partial charge in [0.05, 0.1) is 16.1 Å². The number of nitriles is 1. The first-order valence-corrected chi connectivity index (χ1v) is 8.36. The van der Waals surface area contributed by atoms with Crippen LogP contribution >= 0.6 is 15.9 Å². The van der Waals surface area contributed by atoms with Crippen LogP contribution in [-0.2, 0) is 6.61 Å². The average molecular weight is 435 g/mol. The molecule has 2 aromatic carbocycles. The van der Waals surface area contributed by atoms with Gasteiger partial charge in [0.25, 0.3) is 0 Å². The number of halogens is 4. The van der Waals surface area contributed by atoms with Crippen molar-refractivity contribution in [2.45, 2.75) is 6.61 Å². The van der Waals surface area contributed by atoms with Gasteiger partial charge in [0.15, 0.2) is 11.6 Å². The molecular formula is C19H10BrF3N2O2. The van der Waals surface area contributed by atoms with Crippen molar-refractivity contribution in [3.05, 3.63) is 81.6 Å². The van der Waals surface area contributed by atoms with Crippen molar-refractivity contribution in [2.75, 3.05) is 0 Å². The van der Waals surface area contributed by atoms with E-state index in [1.807, 2.05) is 6.07 Å². The molecule has 0 spiro atoms. The third-order valence-corrected chi connectivity index (χ3v) is 4.05. The molecular weight excluding hydrogens is 425 g/mol. The van der Waals surface area contributed by atoms with Gasteiger partial charge < -0.3 is 9.47 Å². The fourth-order valence-electron chi connectivity index (χ4n) is 2.11. The highest BCUT2D eigenvalue weighted by molar-refractivity contribution is 9.10. The van der Waals surface area contributed by atoms with E-state index in [-0.39, 0.29) is 39.7 Å². The summed E-state index contributed by atoms with van der Waals surface area (Å²) < 4.78 is 51.9. The monoisotopic (exact) mass is 434 g/mol. The molecule has 0 saturated carbocycles. The molecule has 136 valence electrons. The Kier molecular flexibility index (Phi) is 5.62. The molecule has 0 fully saturated rings. The molecule has 0 aliphatic carbocycles. The number of pyridine rings is 1. The minimum absolute atomic E-state index is 0.0200. The summed E-state index contributed by atoms with van der Waals surface area (Å²) >= 11 is 2.88. The number of rotatable bonds is 5. The van der Waals surface area contributed by atoms with Gasteiger partial charge in [-0.05, 0) is 34.1 Å². The first-order chi connectivity index (χ1) is 13.0. The summed E-state index contributed by atoms with van der Waals surface area (Å²) in [5.41, 5.74) is 0.441. The van der Waals surface area contributed by atoms with Crippen LogP contribution in [-0.4, -0.2) is 4.98 Å². The van der Waals surface area contributed by atoms with E-state index in [1.165, 1.54) is 24.3 Å². The predicted octanol–water partition coefficient (Wildman–Crippen LogP) is 5.50. The van der Waals surface area contributed by atoms with E-state index in [9.17, 15) is 13.2 Å². The minimum atomic E-state index is -0.768. The third-order valence-electron chi connectivity index (χ3n) is 3.45. The smallest absolute Gasteiger partial charge is 0.222 e. The number of nitrogens with zero attached hydrogens (tertiary/aromatic N) is 2. The van der Waals surface area contributed by atoms with E-state index in [0.29, 0.717) is 0 Å². The van der Waals surface area contributed by atoms with Crippen LogP contribution in [0.4, 0.5) is 13.2 Å². The van der Waals surface area contributed by atoms with Gasteiger partial charge in [-0.2, -0.15) is 10.2 Å². The fourth-order valence-corrected chi connectivity index (χ4v) is 2.43. The molecule has 0 saturated heterocycles. The molecule has 4 nitrogen and oxygen atoms in total. The van der Waals surface area contributed by atoms with Crippen molar-refractivity contribution in [1.82, 2.24) is 4.98 Å². The molecule has 0 amide bonds. The largest absolute Gasteiger partial charge is 0.473 e. The van der Waals surface area contributed by atoms with Crippen LogP contribution in [0.3, 0.4) is 0 Å². The molecule has 1 heterocycles. The lowest BCUT2D eigenvalue weighted by Gasteiger charge is -2.10. The number of aromatic nitrogens is 1. The normalized spacial score (nSPS) is 10.3. The van der Waals surface area contributed by atoms with Crippen molar-refractivity contribution < 1.29 is 22.6 Å². The van der Waals surface area contributed by atoms with Crippen LogP contribution in [0, 0.1) is 28.8 Å². The quantitative estimate of drug-likeness (QED) is 0.497. The molecule has 0 radical (unpaired) electrons. The van der Waals surface area contributed by atoms with Crippen LogP contribution in [0.2, 0.25) is 0 Å². The van der Waals surface area contributed by atoms with Gasteiger partial charge in [-0.3, -0.25) is 0 Å². The zero-order valence-corrected chi connectivity index (χ0v) is 15.1. The van der Waals surface area contributed by atoms with Gasteiger partial charge >= 0.3 is 0 Å². The SMILES string of the molecule is N#Cc1ccc(COc2cccc(Oc3cc(F)c(Br)cc3F)n2)c(F)c1. The second-order valence-electron chi connectivity index (χ2n) is 5.32. The lowest BCUT2D eigenvalue weighted by Crippen LogP contribution is -2.01. The highest BCUT2D eigenvalue weighted by Crippen LogP contribution is 2.29. The Balaban J connectivity index is 1.73. The highest BCUT2D eigenvalue weighted by Gasteiger charge is 2.12. The molecule has 0 unspecified atom stereocenters. The van der Waals surface area contributed by atoms with Gasteiger partial charge in [-0.1, -0.05) is 12.1 Å². The van der Waals surface area contributed by atoms with E-state index in [4.69, 9.17) is 14.7 Å². The summed E-state index contributed by atoms with van der Waals surface area (Å²) in [7, 11) is 0. The molecule has 27 heavy (non-hydrogen) atoms. The zero-order chi connectivity index (χ0) is 19.4. The number of benzene rings is 2. The van der Waals surface area contributed by atoms with Crippen LogP contribution < -0.4 is 9.47 Å². The topological polar surface area (TPSA) is 55.1 Å². The van der Waals surface area contributed by atoms with Crippen molar-refractivity contribution >= 4 is 15.9 Å². The number of ether oxygens (including phenoxy) is 2. The molecule has 8 heteroatoms. The molecule has 3 rings (SSSR count). The Morgan fingerprint density at radius 2 is 1.74 bits per heavy atom. The Morgan fingerprint density at radius 1 is 0.963 bits per heavy atom. The maximum Gasteiger partial charge on any atom is 0.222 e. The molecule has 1 aromatic heterocycles. The van der Waals surface area contributed by atoms with Gasteiger partial charge in [0.1, 0.15) is 18.2 Å².